The predicted octanol–water partition coefficient (Wildman–Crippen LogP) is 5.46. The van der Waals surface area contributed by atoms with Gasteiger partial charge in [0, 0.05) is 79.0 Å². The Morgan fingerprint density at radius 3 is 2.16 bits per heavy atom. The van der Waals surface area contributed by atoms with Gasteiger partial charge in [-0.3, -0.25) is 14.1 Å². The van der Waals surface area contributed by atoms with Crippen molar-refractivity contribution in [1.82, 2.24) is 9.96 Å². The minimum Gasteiger partial charge on any atom is -0.748 e. The number of hydroxylamine groups is 2. The van der Waals surface area contributed by atoms with Crippen LogP contribution in [0.2, 0.25) is 0 Å². The van der Waals surface area contributed by atoms with Crippen molar-refractivity contribution in [3.63, 3.8) is 0 Å². The number of rotatable bonds is 18. The van der Waals surface area contributed by atoms with Crippen LogP contribution in [0.5, 0.6) is 0 Å². The quantitative estimate of drug-likeness (QED) is 0.0846. The standard InChI is InChI=1S/C43H54N4O10S2.CH4.O3S/c1-7-24-45-36-21-19-32(59(54,55)56)29-34(36)43(4,5)37(45)15-11-9-8-10-12-16-38-42(2,3)33-28-31(18-20-35(33)46(38)26-14-27-58(51,52)53)30-44(6)25-13-17-41(50)57-47-39(48)22-23-40(47)49;;1-4(2)3/h8-12,15-16,18-21,28-29H,7,13-14,17,22-27,30H2,1-6H3,(H-,51,52,53,54,55,56);1H4;. The Balaban J connectivity index is 0.00000209. The lowest BCUT2D eigenvalue weighted by Gasteiger charge is -2.27. The molecule has 2 aromatic carbocycles. The van der Waals surface area contributed by atoms with Crippen LogP contribution in [0.3, 0.4) is 0 Å². The predicted molar refractivity (Wildman–Crippen MR) is 240 cm³/mol. The number of nitrogens with zero attached hydrogens (tertiary/aromatic N) is 4. The minimum absolute atomic E-state index is 0. The molecule has 20 heteroatoms. The highest BCUT2D eigenvalue weighted by atomic mass is 32.2. The highest BCUT2D eigenvalue weighted by molar-refractivity contribution is 7.86. The fourth-order valence-corrected chi connectivity index (χ4v) is 8.91. The van der Waals surface area contributed by atoms with E-state index in [0.717, 1.165) is 52.4 Å². The lowest BCUT2D eigenvalue weighted by Crippen LogP contribution is -2.32. The summed E-state index contributed by atoms with van der Waals surface area (Å²) in [6, 6.07) is 10.9. The summed E-state index contributed by atoms with van der Waals surface area (Å²) in [6.45, 7) is 12.5. The van der Waals surface area contributed by atoms with Crippen LogP contribution in [0.1, 0.15) is 97.3 Å². The van der Waals surface area contributed by atoms with E-state index < -0.39 is 65.2 Å². The maximum absolute atomic E-state index is 12.2. The first-order valence-electron chi connectivity index (χ1n) is 20.2. The Hall–Kier alpha value is -5.12. The number of hydrogen-bond donors (Lipinski definition) is 1. The van der Waals surface area contributed by atoms with Crippen molar-refractivity contribution in [2.75, 3.05) is 37.3 Å². The second kappa shape index (κ2) is 22.2. The molecule has 1 fully saturated rings. The van der Waals surface area contributed by atoms with Gasteiger partial charge in [-0.05, 0) is 75.7 Å². The number of carbonyl (C=O) groups excluding carboxylic acids is 3. The average Bonchev–Trinajstić information content (AvgIpc) is 3.68. The average molecular weight is 947 g/mol. The number of anilines is 1. The number of hydrogen-bond acceptors (Lipinski definition) is 14. The number of imide groups is 1. The topological polar surface area (TPSA) is 236 Å². The van der Waals surface area contributed by atoms with Gasteiger partial charge in [-0.1, -0.05) is 70.7 Å². The molecule has 1 saturated heterocycles. The molecule has 2 amide bonds. The molecule has 0 aliphatic carbocycles. The molecular formula is C44H58N4O13S3. The summed E-state index contributed by atoms with van der Waals surface area (Å²) in [5.41, 5.74) is 5.69. The second-order valence-corrected chi connectivity index (χ2v) is 19.7. The molecule has 0 atom stereocenters. The lowest BCUT2D eigenvalue weighted by atomic mass is 9.81. The van der Waals surface area contributed by atoms with Gasteiger partial charge in [0.05, 0.1) is 20.4 Å². The summed E-state index contributed by atoms with van der Waals surface area (Å²) in [5.74, 6) is -2.13. The van der Waals surface area contributed by atoms with Crippen molar-refractivity contribution in [3.05, 3.63) is 101 Å². The fraction of sp³-hybridized carbons (Fsp3) is 0.455. The number of fused-ring (bicyclic) bond motifs is 2. The molecule has 0 unspecified atom stereocenters. The highest BCUT2D eigenvalue weighted by Gasteiger charge is 2.45. The van der Waals surface area contributed by atoms with Gasteiger partial charge >= 0.3 is 16.6 Å². The maximum Gasteiger partial charge on any atom is 0.425 e. The summed E-state index contributed by atoms with van der Waals surface area (Å²) in [4.78, 5) is 44.7. The first-order chi connectivity index (χ1) is 29.4. The van der Waals surface area contributed by atoms with Crippen molar-refractivity contribution in [1.29, 1.82) is 0 Å². The molecule has 0 radical (unpaired) electrons. The van der Waals surface area contributed by atoms with Crippen molar-refractivity contribution in [2.45, 2.75) is 103 Å². The zero-order valence-electron chi connectivity index (χ0n) is 36.1. The van der Waals surface area contributed by atoms with Crippen LogP contribution in [0.15, 0.2) is 89.5 Å². The number of amides is 2. The molecule has 1 N–H and O–H groups in total. The van der Waals surface area contributed by atoms with Crippen LogP contribution in [0.4, 0.5) is 11.4 Å². The van der Waals surface area contributed by atoms with E-state index in [1.165, 1.54) is 6.07 Å². The Bertz CT molecular complexity index is 2570. The smallest absolute Gasteiger partial charge is 0.425 e. The van der Waals surface area contributed by atoms with Crippen molar-refractivity contribution in [3.8, 4) is 0 Å². The van der Waals surface area contributed by atoms with Crippen LogP contribution >= 0.6 is 0 Å². The van der Waals surface area contributed by atoms with E-state index in [1.807, 2.05) is 75.6 Å². The number of carbonyl (C=O) groups is 3. The summed E-state index contributed by atoms with van der Waals surface area (Å²) >= 11 is 0. The minimum atomic E-state index is -4.39. The molecule has 2 aromatic rings. The van der Waals surface area contributed by atoms with E-state index in [1.54, 1.807) is 12.1 Å². The molecule has 3 aliphatic rings. The van der Waals surface area contributed by atoms with E-state index >= 15 is 0 Å². The van der Waals surface area contributed by atoms with E-state index in [-0.39, 0.29) is 38.0 Å². The van der Waals surface area contributed by atoms with E-state index in [2.05, 4.69) is 41.2 Å². The molecule has 17 nitrogen and oxygen atoms in total. The van der Waals surface area contributed by atoms with Gasteiger partial charge in [-0.25, -0.2) is 13.2 Å². The zero-order chi connectivity index (χ0) is 46.9. The number of allylic oxidation sites excluding steroid dienone is 8. The molecular weight excluding hydrogens is 889 g/mol. The SMILES string of the molecule is C.CCC[N+]1=C(C=CC=CC=CC=C2N(CCCS(=O)(=O)[O-])c3ccc(CN(C)CCCC(=O)ON4C(=O)CCC4=O)cc3C2(C)C)C(C)(C)c2cc(S(=O)(=O)O)ccc21.O=S(=O)=O. The second-order valence-electron chi connectivity index (χ2n) is 16.3. The first-order valence-corrected chi connectivity index (χ1v) is 24.3. The van der Waals surface area contributed by atoms with Crippen LogP contribution < -0.4 is 4.90 Å². The molecule has 3 aliphatic heterocycles. The van der Waals surface area contributed by atoms with Crippen molar-refractivity contribution in [2.24, 2.45) is 0 Å². The van der Waals surface area contributed by atoms with E-state index in [0.29, 0.717) is 31.1 Å². The van der Waals surface area contributed by atoms with Gasteiger partial charge in [0.15, 0.2) is 5.71 Å². The molecule has 64 heavy (non-hydrogen) atoms. The normalized spacial score (nSPS) is 17.4. The van der Waals surface area contributed by atoms with Gasteiger partial charge in [-0.15, -0.1) is 17.7 Å². The van der Waals surface area contributed by atoms with Gasteiger partial charge in [0.1, 0.15) is 6.54 Å². The molecule has 5 rings (SSSR count). The van der Waals surface area contributed by atoms with E-state index in [4.69, 9.17) is 17.5 Å². The summed E-state index contributed by atoms with van der Waals surface area (Å²) in [5, 5.41) is 0.558. The van der Waals surface area contributed by atoms with Gasteiger partial charge in [-0.2, -0.15) is 13.0 Å². The Morgan fingerprint density at radius 1 is 0.922 bits per heavy atom. The van der Waals surface area contributed by atoms with Crippen LogP contribution in [-0.4, -0.2) is 109 Å². The largest absolute Gasteiger partial charge is 0.748 e. The molecule has 3 heterocycles. The van der Waals surface area contributed by atoms with Crippen LogP contribution in [-0.2, 0) is 67.4 Å². The molecule has 0 bridgehead atoms. The van der Waals surface area contributed by atoms with Crippen molar-refractivity contribution < 1.29 is 62.4 Å². The Morgan fingerprint density at radius 2 is 1.55 bits per heavy atom. The number of benzene rings is 2. The maximum atomic E-state index is 12.2. The Labute approximate surface area is 378 Å². The molecule has 0 aromatic heterocycles. The third kappa shape index (κ3) is 13.7. The Kier molecular flexibility index (Phi) is 18.4. The van der Waals surface area contributed by atoms with Crippen LogP contribution in [0, 0.1) is 0 Å². The van der Waals surface area contributed by atoms with E-state index in [9.17, 15) is 40.3 Å². The summed E-state index contributed by atoms with van der Waals surface area (Å²) in [6.07, 6.45) is 15.2. The molecule has 0 saturated carbocycles. The molecule has 350 valence electrons. The lowest BCUT2D eigenvalue weighted by molar-refractivity contribution is -0.437. The third-order valence-corrected chi connectivity index (χ3v) is 12.5. The monoisotopic (exact) mass is 946 g/mol. The third-order valence-electron chi connectivity index (χ3n) is 10.9. The zero-order valence-corrected chi connectivity index (χ0v) is 38.6. The van der Waals surface area contributed by atoms with Gasteiger partial charge in [0.25, 0.3) is 21.9 Å². The fourth-order valence-electron chi connectivity index (χ4n) is 7.92. The van der Waals surface area contributed by atoms with Crippen molar-refractivity contribution >= 4 is 65.7 Å². The van der Waals surface area contributed by atoms with Gasteiger partial charge in [0.2, 0.25) is 5.69 Å². The summed E-state index contributed by atoms with van der Waals surface area (Å²) in [7, 11) is -9.92. The van der Waals surface area contributed by atoms with Gasteiger partial charge < -0.3 is 19.2 Å². The highest BCUT2D eigenvalue weighted by Crippen LogP contribution is 2.48. The first kappa shape index (κ1) is 53.2. The van der Waals surface area contributed by atoms with Crippen LogP contribution in [0.25, 0.3) is 0 Å². The summed E-state index contributed by atoms with van der Waals surface area (Å²) < 4.78 is 95.4. The molecule has 0 spiro atoms.